The number of anilines is 1. The first kappa shape index (κ1) is 21.1. The number of nitrogens with zero attached hydrogens (tertiary/aromatic N) is 3. The predicted molar refractivity (Wildman–Crippen MR) is 131 cm³/mol. The highest BCUT2D eigenvalue weighted by Gasteiger charge is 2.41. The lowest BCUT2D eigenvalue weighted by Crippen LogP contribution is -2.40. The summed E-state index contributed by atoms with van der Waals surface area (Å²) in [4.78, 5) is 26.4. The second-order valence-electron chi connectivity index (χ2n) is 9.86. The normalized spacial score (nSPS) is 23.8. The van der Waals surface area contributed by atoms with Crippen LogP contribution in [0.1, 0.15) is 52.9 Å². The molecule has 33 heavy (non-hydrogen) atoms. The maximum atomic E-state index is 13.4. The van der Waals surface area contributed by atoms with Crippen molar-refractivity contribution in [2.75, 3.05) is 31.6 Å². The van der Waals surface area contributed by atoms with Crippen LogP contribution in [0.2, 0.25) is 0 Å². The van der Waals surface area contributed by atoms with E-state index in [0.29, 0.717) is 12.0 Å². The number of rotatable bonds is 5. The lowest BCUT2D eigenvalue weighted by molar-refractivity contribution is 0.0543. The van der Waals surface area contributed by atoms with Gasteiger partial charge in [-0.05, 0) is 56.1 Å². The van der Waals surface area contributed by atoms with Crippen molar-refractivity contribution in [2.45, 2.75) is 50.5 Å². The molecule has 1 saturated carbocycles. The molecule has 7 heteroatoms. The van der Waals surface area contributed by atoms with Crippen LogP contribution in [0, 0.1) is 12.8 Å². The molecular weight excluding hydrogens is 432 g/mol. The lowest BCUT2D eigenvalue weighted by Gasteiger charge is -2.38. The van der Waals surface area contributed by atoms with Gasteiger partial charge in [0.05, 0.1) is 10.3 Å². The van der Waals surface area contributed by atoms with Gasteiger partial charge in [-0.25, -0.2) is 9.97 Å². The number of hydrogen-bond acceptors (Lipinski definition) is 6. The van der Waals surface area contributed by atoms with Gasteiger partial charge in [0.25, 0.3) is 5.91 Å². The van der Waals surface area contributed by atoms with Crippen molar-refractivity contribution in [1.29, 1.82) is 0 Å². The highest BCUT2D eigenvalue weighted by Crippen LogP contribution is 2.41. The molecule has 0 unspecified atom stereocenters. The number of fused-ring (bicyclic) bond motifs is 3. The van der Waals surface area contributed by atoms with Crippen LogP contribution in [0.15, 0.2) is 36.7 Å². The van der Waals surface area contributed by atoms with Gasteiger partial charge in [0.15, 0.2) is 0 Å². The van der Waals surface area contributed by atoms with Gasteiger partial charge >= 0.3 is 0 Å². The van der Waals surface area contributed by atoms with E-state index < -0.39 is 0 Å². The van der Waals surface area contributed by atoms with Crippen LogP contribution in [0.3, 0.4) is 0 Å². The number of hydrogen-bond donors (Lipinski definition) is 1. The van der Waals surface area contributed by atoms with E-state index in [1.54, 1.807) is 6.33 Å². The maximum absolute atomic E-state index is 13.4. The Morgan fingerprint density at radius 2 is 2.03 bits per heavy atom. The Hall–Kier alpha value is -2.51. The molecule has 2 aliphatic heterocycles. The summed E-state index contributed by atoms with van der Waals surface area (Å²) < 4.78 is 5.69. The Kier molecular flexibility index (Phi) is 5.34. The summed E-state index contributed by atoms with van der Waals surface area (Å²) in [6.07, 6.45) is 7.16. The van der Waals surface area contributed by atoms with Crippen molar-refractivity contribution in [3.63, 3.8) is 0 Å². The molecule has 4 heterocycles. The number of piperidine rings is 1. The number of aryl methyl sites for hydroxylation is 1. The van der Waals surface area contributed by atoms with Gasteiger partial charge < -0.3 is 15.0 Å². The zero-order valence-corrected chi connectivity index (χ0v) is 19.9. The summed E-state index contributed by atoms with van der Waals surface area (Å²) >= 11 is 1.51. The zero-order chi connectivity index (χ0) is 22.4. The number of nitrogens with one attached hydrogen (secondary N) is 1. The summed E-state index contributed by atoms with van der Waals surface area (Å²) in [5, 5.41) is 4.65. The number of carbonyl (C=O) groups is 1. The minimum atomic E-state index is 0.00808. The van der Waals surface area contributed by atoms with Crippen LogP contribution in [-0.4, -0.2) is 53.1 Å². The van der Waals surface area contributed by atoms with Crippen LogP contribution in [0.4, 0.5) is 5.82 Å². The van der Waals surface area contributed by atoms with E-state index in [9.17, 15) is 4.79 Å². The fraction of sp³-hybridized carbons (Fsp3) is 0.500. The van der Waals surface area contributed by atoms with Gasteiger partial charge in [-0.1, -0.05) is 30.3 Å². The molecule has 2 atom stereocenters. The number of ether oxygens (including phenoxy) is 1. The minimum Gasteiger partial charge on any atom is -0.381 e. The van der Waals surface area contributed by atoms with E-state index in [1.807, 2.05) is 0 Å². The molecule has 1 N–H and O–H groups in total. The van der Waals surface area contributed by atoms with E-state index in [1.165, 1.54) is 29.7 Å². The maximum Gasteiger partial charge on any atom is 0.264 e. The Labute approximate surface area is 198 Å². The first-order valence-electron chi connectivity index (χ1n) is 12.1. The Balaban J connectivity index is 1.30. The van der Waals surface area contributed by atoms with Crippen LogP contribution in [0.5, 0.6) is 0 Å². The molecule has 2 saturated heterocycles. The van der Waals surface area contributed by atoms with Crippen LogP contribution < -0.4 is 5.32 Å². The minimum absolute atomic E-state index is 0.00808. The molecule has 0 spiro atoms. The molecular formula is C26H30N4O2S. The molecule has 3 aliphatic rings. The topological polar surface area (TPSA) is 67.4 Å². The molecule has 172 valence electrons. The Morgan fingerprint density at radius 3 is 2.76 bits per heavy atom. The van der Waals surface area contributed by atoms with E-state index in [0.717, 1.165) is 72.0 Å². The standard InChI is InChI=1S/C26H30N4O2S/c1-17-21-23(27-15-26(9-11-32-12-10-26)19-5-3-2-4-6-19)28-16-29-24(21)33-22(17)25(31)30-14-18-7-8-20(30)13-18/h2-6,16,18,20H,7-15H2,1H3,(H,27,28,29)/t18-,20+/m1/s1. The molecule has 1 aliphatic carbocycles. The number of benzene rings is 1. The fourth-order valence-corrected chi connectivity index (χ4v) is 7.19. The van der Waals surface area contributed by atoms with E-state index in [-0.39, 0.29) is 11.3 Å². The summed E-state index contributed by atoms with van der Waals surface area (Å²) in [5.74, 6) is 1.70. The lowest BCUT2D eigenvalue weighted by atomic mass is 9.74. The van der Waals surface area contributed by atoms with Gasteiger partial charge in [0.2, 0.25) is 0 Å². The first-order valence-corrected chi connectivity index (χ1v) is 12.9. The molecule has 6 nitrogen and oxygen atoms in total. The fourth-order valence-electron chi connectivity index (χ4n) is 6.09. The van der Waals surface area contributed by atoms with Crippen LogP contribution in [-0.2, 0) is 10.2 Å². The molecule has 2 bridgehead atoms. The first-order chi connectivity index (χ1) is 16.1. The number of aromatic nitrogens is 2. The quantitative estimate of drug-likeness (QED) is 0.591. The smallest absolute Gasteiger partial charge is 0.264 e. The van der Waals surface area contributed by atoms with Gasteiger partial charge in [-0.3, -0.25) is 4.79 Å². The van der Waals surface area contributed by atoms with Crippen LogP contribution >= 0.6 is 11.3 Å². The van der Waals surface area contributed by atoms with E-state index in [4.69, 9.17) is 4.74 Å². The molecule has 2 aromatic heterocycles. The van der Waals surface area contributed by atoms with Crippen LogP contribution in [0.25, 0.3) is 10.2 Å². The number of amides is 1. The third kappa shape index (κ3) is 3.62. The summed E-state index contributed by atoms with van der Waals surface area (Å²) in [6, 6.07) is 11.2. The number of carbonyl (C=O) groups excluding carboxylic acids is 1. The van der Waals surface area contributed by atoms with Crippen molar-refractivity contribution in [2.24, 2.45) is 5.92 Å². The number of thiophene rings is 1. The average Bonchev–Trinajstić information content (AvgIpc) is 3.59. The zero-order valence-electron chi connectivity index (χ0n) is 19.0. The Morgan fingerprint density at radius 1 is 1.21 bits per heavy atom. The van der Waals surface area contributed by atoms with Crippen molar-refractivity contribution in [3.05, 3.63) is 52.7 Å². The monoisotopic (exact) mass is 462 g/mol. The van der Waals surface area contributed by atoms with Crippen molar-refractivity contribution < 1.29 is 9.53 Å². The summed E-state index contributed by atoms with van der Waals surface area (Å²) in [6.45, 7) is 5.28. The van der Waals surface area contributed by atoms with E-state index in [2.05, 4.69) is 57.4 Å². The van der Waals surface area contributed by atoms with Gasteiger partial charge in [-0.15, -0.1) is 11.3 Å². The third-order valence-electron chi connectivity index (χ3n) is 8.02. The molecule has 1 aromatic carbocycles. The molecule has 3 fully saturated rings. The third-order valence-corrected chi connectivity index (χ3v) is 9.21. The Bertz CT molecular complexity index is 1170. The SMILES string of the molecule is Cc1c(C(=O)N2C[C@@H]3CC[C@H]2C3)sc2ncnc(NCC3(c4ccccc4)CCOCC3)c12. The molecule has 3 aromatic rings. The highest BCUT2D eigenvalue weighted by molar-refractivity contribution is 7.20. The van der Waals surface area contributed by atoms with Gasteiger partial charge in [-0.2, -0.15) is 0 Å². The average molecular weight is 463 g/mol. The summed E-state index contributed by atoms with van der Waals surface area (Å²) in [7, 11) is 0. The highest BCUT2D eigenvalue weighted by atomic mass is 32.1. The second kappa shape index (κ2) is 8.37. The van der Waals surface area contributed by atoms with Gasteiger partial charge in [0, 0.05) is 37.8 Å². The van der Waals surface area contributed by atoms with Gasteiger partial charge in [0.1, 0.15) is 17.0 Å². The van der Waals surface area contributed by atoms with Crippen molar-refractivity contribution >= 4 is 33.3 Å². The largest absolute Gasteiger partial charge is 0.381 e. The second-order valence-corrected chi connectivity index (χ2v) is 10.9. The number of likely N-dealkylation sites (tertiary alicyclic amines) is 1. The molecule has 0 radical (unpaired) electrons. The molecule has 6 rings (SSSR count). The van der Waals surface area contributed by atoms with Crippen molar-refractivity contribution in [1.82, 2.24) is 14.9 Å². The predicted octanol–water partition coefficient (Wildman–Crippen LogP) is 4.78. The van der Waals surface area contributed by atoms with E-state index >= 15 is 0 Å². The summed E-state index contributed by atoms with van der Waals surface area (Å²) in [5.41, 5.74) is 2.36. The molecule has 1 amide bonds. The van der Waals surface area contributed by atoms with Crippen molar-refractivity contribution in [3.8, 4) is 0 Å².